The van der Waals surface area contributed by atoms with Crippen molar-refractivity contribution in [2.45, 2.75) is 12.1 Å². The first kappa shape index (κ1) is 16.6. The van der Waals surface area contributed by atoms with Crippen molar-refractivity contribution in [1.82, 2.24) is 15.1 Å². The standard InChI is InChI=1S/C16H18ClN3O4/c1-20-7-13(6-18-20)24-15-9-23-8-14(15)19-16(21)10-3-11(17)5-12(4-10)22-2/h3-7,14-15H,8-9H2,1-2H3,(H,19,21)/t14-,15+/m0/s1. The van der Waals surface area contributed by atoms with Crippen LogP contribution in [0.4, 0.5) is 0 Å². The van der Waals surface area contributed by atoms with Gasteiger partial charge in [0.05, 0.1) is 38.8 Å². The van der Waals surface area contributed by atoms with Crippen molar-refractivity contribution < 1.29 is 19.0 Å². The summed E-state index contributed by atoms with van der Waals surface area (Å²) in [4.78, 5) is 12.5. The van der Waals surface area contributed by atoms with Gasteiger partial charge in [0.15, 0.2) is 5.75 Å². The van der Waals surface area contributed by atoms with Crippen LogP contribution in [-0.2, 0) is 11.8 Å². The molecule has 1 saturated heterocycles. The van der Waals surface area contributed by atoms with Crippen LogP contribution in [0.5, 0.6) is 11.5 Å². The number of aryl methyl sites for hydroxylation is 1. The average molecular weight is 352 g/mol. The smallest absolute Gasteiger partial charge is 0.251 e. The van der Waals surface area contributed by atoms with Crippen LogP contribution in [0.1, 0.15) is 10.4 Å². The van der Waals surface area contributed by atoms with Gasteiger partial charge in [-0.05, 0) is 18.2 Å². The van der Waals surface area contributed by atoms with Crippen molar-refractivity contribution in [3.63, 3.8) is 0 Å². The van der Waals surface area contributed by atoms with Crippen molar-refractivity contribution in [3.8, 4) is 11.5 Å². The van der Waals surface area contributed by atoms with E-state index in [1.807, 2.05) is 7.05 Å². The van der Waals surface area contributed by atoms with Gasteiger partial charge in [0, 0.05) is 17.6 Å². The number of rotatable bonds is 5. The van der Waals surface area contributed by atoms with Gasteiger partial charge < -0.3 is 19.5 Å². The summed E-state index contributed by atoms with van der Waals surface area (Å²) in [5.41, 5.74) is 0.423. The number of carbonyl (C=O) groups excluding carboxylic acids is 1. The fourth-order valence-electron chi connectivity index (χ4n) is 2.48. The fourth-order valence-corrected chi connectivity index (χ4v) is 2.71. The zero-order chi connectivity index (χ0) is 17.1. The Hall–Kier alpha value is -2.25. The SMILES string of the molecule is COc1cc(Cl)cc(C(=O)N[C@H]2COC[C@H]2Oc2cnn(C)c2)c1. The monoisotopic (exact) mass is 351 g/mol. The maximum absolute atomic E-state index is 12.5. The Bertz CT molecular complexity index is 734. The highest BCUT2D eigenvalue weighted by atomic mass is 35.5. The summed E-state index contributed by atoms with van der Waals surface area (Å²) in [6, 6.07) is 4.61. The first-order valence-electron chi connectivity index (χ1n) is 7.43. The third-order valence-electron chi connectivity index (χ3n) is 3.68. The summed E-state index contributed by atoms with van der Waals surface area (Å²) >= 11 is 6.01. The predicted molar refractivity (Wildman–Crippen MR) is 87.7 cm³/mol. The first-order valence-corrected chi connectivity index (χ1v) is 7.81. The van der Waals surface area contributed by atoms with Gasteiger partial charge in [0.2, 0.25) is 0 Å². The van der Waals surface area contributed by atoms with Crippen LogP contribution in [-0.4, -0.2) is 48.2 Å². The minimum Gasteiger partial charge on any atom is -0.497 e. The quantitative estimate of drug-likeness (QED) is 0.886. The topological polar surface area (TPSA) is 74.6 Å². The second-order valence-corrected chi connectivity index (χ2v) is 5.94. The van der Waals surface area contributed by atoms with Gasteiger partial charge in [-0.1, -0.05) is 11.6 Å². The molecule has 7 nitrogen and oxygen atoms in total. The minimum absolute atomic E-state index is 0.258. The second-order valence-electron chi connectivity index (χ2n) is 5.50. The number of carbonyl (C=O) groups is 1. The van der Waals surface area contributed by atoms with Crippen LogP contribution in [0.25, 0.3) is 0 Å². The molecule has 0 aliphatic carbocycles. The van der Waals surface area contributed by atoms with Crippen LogP contribution in [0.2, 0.25) is 5.02 Å². The lowest BCUT2D eigenvalue weighted by Gasteiger charge is -2.19. The zero-order valence-electron chi connectivity index (χ0n) is 13.4. The predicted octanol–water partition coefficient (Wildman–Crippen LogP) is 1.66. The molecular formula is C16H18ClN3O4. The van der Waals surface area contributed by atoms with E-state index in [0.29, 0.717) is 35.3 Å². The summed E-state index contributed by atoms with van der Waals surface area (Å²) in [5, 5.41) is 7.41. The van der Waals surface area contributed by atoms with E-state index in [4.69, 9.17) is 25.8 Å². The summed E-state index contributed by atoms with van der Waals surface area (Å²) in [6.07, 6.45) is 3.11. The van der Waals surface area contributed by atoms with Crippen molar-refractivity contribution in [2.24, 2.45) is 7.05 Å². The Morgan fingerprint density at radius 2 is 2.21 bits per heavy atom. The molecule has 0 spiro atoms. The van der Waals surface area contributed by atoms with Crippen molar-refractivity contribution in [1.29, 1.82) is 0 Å². The van der Waals surface area contributed by atoms with Gasteiger partial charge in [-0.3, -0.25) is 9.48 Å². The molecule has 1 amide bonds. The van der Waals surface area contributed by atoms with Crippen LogP contribution in [0, 0.1) is 0 Å². The Balaban J connectivity index is 1.67. The van der Waals surface area contributed by atoms with E-state index < -0.39 is 0 Å². The van der Waals surface area contributed by atoms with E-state index in [2.05, 4.69) is 10.4 Å². The molecule has 1 aliphatic heterocycles. The fraction of sp³-hybridized carbons (Fsp3) is 0.375. The number of hydrogen-bond donors (Lipinski definition) is 1. The van der Waals surface area contributed by atoms with Crippen molar-refractivity contribution >= 4 is 17.5 Å². The van der Waals surface area contributed by atoms with Crippen LogP contribution in [0.15, 0.2) is 30.6 Å². The molecule has 2 atom stereocenters. The zero-order valence-corrected chi connectivity index (χ0v) is 14.1. The number of amides is 1. The number of methoxy groups -OCH3 is 1. The van der Waals surface area contributed by atoms with Crippen LogP contribution in [0.3, 0.4) is 0 Å². The van der Waals surface area contributed by atoms with Crippen LogP contribution >= 0.6 is 11.6 Å². The Kier molecular flexibility index (Phi) is 4.92. The molecule has 0 radical (unpaired) electrons. The van der Waals surface area contributed by atoms with Gasteiger partial charge >= 0.3 is 0 Å². The molecule has 1 aromatic heterocycles. The number of nitrogens with one attached hydrogen (secondary N) is 1. The molecule has 0 bridgehead atoms. The summed E-state index contributed by atoms with van der Waals surface area (Å²) in [5.74, 6) is 0.904. The van der Waals surface area contributed by atoms with Gasteiger partial charge in [-0.25, -0.2) is 0 Å². The summed E-state index contributed by atoms with van der Waals surface area (Å²) in [7, 11) is 3.33. The maximum Gasteiger partial charge on any atom is 0.251 e. The third-order valence-corrected chi connectivity index (χ3v) is 3.90. The largest absolute Gasteiger partial charge is 0.497 e. The van der Waals surface area contributed by atoms with E-state index in [9.17, 15) is 4.79 Å². The average Bonchev–Trinajstić information content (AvgIpc) is 3.16. The molecule has 8 heteroatoms. The lowest BCUT2D eigenvalue weighted by molar-refractivity contribution is 0.0903. The van der Waals surface area contributed by atoms with Gasteiger partial charge in [0.25, 0.3) is 5.91 Å². The molecule has 0 saturated carbocycles. The third kappa shape index (κ3) is 3.80. The molecule has 3 rings (SSSR count). The van der Waals surface area contributed by atoms with Gasteiger partial charge in [-0.15, -0.1) is 0 Å². The number of aromatic nitrogens is 2. The molecular weight excluding hydrogens is 334 g/mol. The van der Waals surface area contributed by atoms with Crippen LogP contribution < -0.4 is 14.8 Å². The van der Waals surface area contributed by atoms with E-state index in [1.165, 1.54) is 7.11 Å². The highest BCUT2D eigenvalue weighted by Gasteiger charge is 2.32. The number of benzene rings is 1. The Morgan fingerprint density at radius 1 is 1.38 bits per heavy atom. The second kappa shape index (κ2) is 7.11. The van der Waals surface area contributed by atoms with E-state index in [-0.39, 0.29) is 18.1 Å². The normalized spacial score (nSPS) is 20.0. The highest BCUT2D eigenvalue weighted by Crippen LogP contribution is 2.21. The van der Waals surface area contributed by atoms with E-state index in [0.717, 1.165) is 0 Å². The molecule has 0 unspecified atom stereocenters. The highest BCUT2D eigenvalue weighted by molar-refractivity contribution is 6.31. The molecule has 24 heavy (non-hydrogen) atoms. The van der Waals surface area contributed by atoms with Gasteiger partial charge in [-0.2, -0.15) is 5.10 Å². The van der Waals surface area contributed by atoms with Crippen molar-refractivity contribution in [3.05, 3.63) is 41.2 Å². The van der Waals surface area contributed by atoms with E-state index in [1.54, 1.807) is 35.3 Å². The molecule has 2 aromatic rings. The number of ether oxygens (including phenoxy) is 3. The van der Waals surface area contributed by atoms with E-state index >= 15 is 0 Å². The lowest BCUT2D eigenvalue weighted by atomic mass is 10.1. The minimum atomic E-state index is -0.278. The number of hydrogen-bond acceptors (Lipinski definition) is 5. The van der Waals surface area contributed by atoms with Crippen molar-refractivity contribution in [2.75, 3.05) is 20.3 Å². The molecule has 1 N–H and O–H groups in total. The Labute approximate surface area is 144 Å². The first-order chi connectivity index (χ1) is 11.5. The molecule has 1 aliphatic rings. The summed E-state index contributed by atoms with van der Waals surface area (Å²) < 4.78 is 18.1. The number of nitrogens with zero attached hydrogens (tertiary/aromatic N) is 2. The maximum atomic E-state index is 12.5. The molecule has 1 fully saturated rings. The lowest BCUT2D eigenvalue weighted by Crippen LogP contribution is -2.45. The Morgan fingerprint density at radius 3 is 2.92 bits per heavy atom. The molecule has 1 aromatic carbocycles. The van der Waals surface area contributed by atoms with Gasteiger partial charge in [0.1, 0.15) is 11.9 Å². The molecule has 2 heterocycles. The number of halogens is 1. The molecule has 128 valence electrons. The summed E-state index contributed by atoms with van der Waals surface area (Å²) in [6.45, 7) is 0.785.